The number of rotatable bonds is 3. The van der Waals surface area contributed by atoms with Crippen LogP contribution in [0.3, 0.4) is 0 Å². The number of likely N-dealkylation sites (tertiary alicyclic amines) is 1. The quantitative estimate of drug-likeness (QED) is 0.743. The predicted octanol–water partition coefficient (Wildman–Crippen LogP) is 1.40. The van der Waals surface area contributed by atoms with E-state index in [2.05, 4.69) is 52.2 Å². The third kappa shape index (κ3) is 9.87. The van der Waals surface area contributed by atoms with Gasteiger partial charge in [0.05, 0.1) is 6.26 Å². The van der Waals surface area contributed by atoms with Gasteiger partial charge in [0.1, 0.15) is 0 Å². The number of amides is 1. The molecular weight excluding hydrogens is 364 g/mol. The van der Waals surface area contributed by atoms with Crippen LogP contribution in [0.4, 0.5) is 0 Å². The first kappa shape index (κ1) is 24.3. The molecule has 0 aliphatic carbocycles. The van der Waals surface area contributed by atoms with E-state index in [1.807, 2.05) is 4.90 Å². The van der Waals surface area contributed by atoms with Crippen molar-refractivity contribution in [2.24, 2.45) is 0 Å². The van der Waals surface area contributed by atoms with Gasteiger partial charge in [-0.1, -0.05) is 0 Å². The molecule has 2 heterocycles. The lowest BCUT2D eigenvalue weighted by molar-refractivity contribution is -0.127. The first-order valence-corrected chi connectivity index (χ1v) is 11.7. The van der Waals surface area contributed by atoms with Crippen molar-refractivity contribution < 1.29 is 13.2 Å². The average Bonchev–Trinajstić information content (AvgIpc) is 3.04. The second-order valence-corrected chi connectivity index (χ2v) is 11.8. The number of sulfonamides is 1. The number of nitrogens with zero attached hydrogens (tertiary/aromatic N) is 2. The molecule has 2 atom stereocenters. The lowest BCUT2D eigenvalue weighted by atomic mass is 10.1. The van der Waals surface area contributed by atoms with Crippen molar-refractivity contribution in [2.45, 2.75) is 84.5 Å². The average molecular weight is 405 g/mol. The van der Waals surface area contributed by atoms with Crippen LogP contribution in [-0.4, -0.2) is 79.1 Å². The maximum Gasteiger partial charge on any atom is 0.219 e. The molecule has 2 aliphatic rings. The van der Waals surface area contributed by atoms with Gasteiger partial charge in [-0.25, -0.2) is 12.7 Å². The first-order chi connectivity index (χ1) is 12.1. The van der Waals surface area contributed by atoms with E-state index in [-0.39, 0.29) is 17.0 Å². The molecule has 0 aromatic heterocycles. The molecule has 8 heteroatoms. The molecule has 27 heavy (non-hydrogen) atoms. The smallest absolute Gasteiger partial charge is 0.219 e. The van der Waals surface area contributed by atoms with Crippen molar-refractivity contribution >= 4 is 15.9 Å². The monoisotopic (exact) mass is 404 g/mol. The van der Waals surface area contributed by atoms with E-state index in [0.717, 1.165) is 25.9 Å². The molecule has 0 aromatic rings. The molecule has 0 spiro atoms. The minimum Gasteiger partial charge on any atom is -0.341 e. The fourth-order valence-electron chi connectivity index (χ4n) is 3.54. The second kappa shape index (κ2) is 9.20. The molecule has 1 amide bonds. The molecule has 160 valence electrons. The van der Waals surface area contributed by atoms with Gasteiger partial charge in [-0.15, -0.1) is 0 Å². The predicted molar refractivity (Wildman–Crippen MR) is 111 cm³/mol. The van der Waals surface area contributed by atoms with Crippen LogP contribution in [0.2, 0.25) is 0 Å². The summed E-state index contributed by atoms with van der Waals surface area (Å²) >= 11 is 0. The zero-order valence-electron chi connectivity index (χ0n) is 18.4. The maximum atomic E-state index is 11.2. The highest BCUT2D eigenvalue weighted by atomic mass is 32.2. The number of carbonyl (C=O) groups is 1. The van der Waals surface area contributed by atoms with Crippen LogP contribution in [0.25, 0.3) is 0 Å². The van der Waals surface area contributed by atoms with Crippen molar-refractivity contribution in [3.8, 4) is 0 Å². The Labute approximate surface area is 166 Å². The largest absolute Gasteiger partial charge is 0.341 e. The molecule has 2 aliphatic heterocycles. The van der Waals surface area contributed by atoms with Gasteiger partial charge in [0.15, 0.2) is 0 Å². The lowest BCUT2D eigenvalue weighted by Gasteiger charge is -2.25. The molecule has 0 saturated carbocycles. The molecular formula is C19H40N4O3S. The van der Waals surface area contributed by atoms with Crippen LogP contribution in [0.15, 0.2) is 0 Å². The number of hydrogen-bond acceptors (Lipinski definition) is 5. The Balaban J connectivity index is 0.000000271. The minimum atomic E-state index is -3.00. The van der Waals surface area contributed by atoms with Crippen molar-refractivity contribution in [3.63, 3.8) is 0 Å². The van der Waals surface area contributed by atoms with Crippen LogP contribution in [0, 0.1) is 0 Å². The first-order valence-electron chi connectivity index (χ1n) is 9.83. The Hall–Kier alpha value is -0.700. The molecule has 2 N–H and O–H groups in total. The summed E-state index contributed by atoms with van der Waals surface area (Å²) in [5, 5.41) is 6.92. The zero-order valence-corrected chi connectivity index (χ0v) is 19.2. The van der Waals surface area contributed by atoms with Crippen molar-refractivity contribution in [2.75, 3.05) is 32.4 Å². The molecule has 2 saturated heterocycles. The van der Waals surface area contributed by atoms with Crippen molar-refractivity contribution in [3.05, 3.63) is 0 Å². The van der Waals surface area contributed by atoms with E-state index in [1.54, 1.807) is 6.92 Å². The van der Waals surface area contributed by atoms with E-state index < -0.39 is 10.0 Å². The summed E-state index contributed by atoms with van der Waals surface area (Å²) < 4.78 is 24.0. The SMILES string of the molecule is CC(=O)N1CC[C@@H](NC(C)(C)C)C1.CC(C)(C)N[C@@H]1CCN(S(C)(=O)=O)C1. The molecule has 7 nitrogen and oxygen atoms in total. The summed E-state index contributed by atoms with van der Waals surface area (Å²) in [6.07, 6.45) is 3.26. The van der Waals surface area contributed by atoms with Crippen LogP contribution >= 0.6 is 0 Å². The van der Waals surface area contributed by atoms with E-state index in [4.69, 9.17) is 0 Å². The molecule has 2 rings (SSSR count). The Bertz CT molecular complexity index is 593. The molecule has 0 unspecified atom stereocenters. The second-order valence-electron chi connectivity index (χ2n) is 9.85. The molecule has 0 aromatic carbocycles. The highest BCUT2D eigenvalue weighted by Crippen LogP contribution is 2.15. The van der Waals surface area contributed by atoms with E-state index in [0.29, 0.717) is 25.2 Å². The van der Waals surface area contributed by atoms with Crippen molar-refractivity contribution in [1.29, 1.82) is 0 Å². The van der Waals surface area contributed by atoms with Gasteiger partial charge >= 0.3 is 0 Å². The van der Waals surface area contributed by atoms with Gasteiger partial charge in [-0.2, -0.15) is 0 Å². The Kier molecular flexibility index (Phi) is 8.29. The normalized spacial score (nSPS) is 24.7. The Morgan fingerprint density at radius 3 is 1.67 bits per heavy atom. The number of nitrogens with one attached hydrogen (secondary N) is 2. The van der Waals surface area contributed by atoms with Crippen molar-refractivity contribution in [1.82, 2.24) is 19.8 Å². The maximum absolute atomic E-state index is 11.2. The standard InChI is InChI=1S/C10H20N2O.C9H20N2O2S/c1-8(13)12-6-5-9(7-12)11-10(2,3)4;1-9(2,3)10-8-5-6-11(7-8)14(4,12)13/h9,11H,5-7H2,1-4H3;8,10H,5-7H2,1-4H3/t9-;8-/m11/s1. The fraction of sp³-hybridized carbons (Fsp3) is 0.947. The summed E-state index contributed by atoms with van der Waals surface area (Å²) in [5.74, 6) is 0.193. The van der Waals surface area contributed by atoms with Crippen LogP contribution < -0.4 is 10.6 Å². The minimum absolute atomic E-state index is 0.0537. The zero-order chi connectivity index (χ0) is 21.0. The summed E-state index contributed by atoms with van der Waals surface area (Å²) in [4.78, 5) is 13.0. The number of hydrogen-bond donors (Lipinski definition) is 2. The lowest BCUT2D eigenvalue weighted by Crippen LogP contribution is -2.45. The van der Waals surface area contributed by atoms with Crippen LogP contribution in [-0.2, 0) is 14.8 Å². The summed E-state index contributed by atoms with van der Waals surface area (Å²) in [6.45, 7) is 17.4. The van der Waals surface area contributed by atoms with Gasteiger partial charge in [-0.05, 0) is 54.4 Å². The third-order valence-corrected chi connectivity index (χ3v) is 5.80. The third-order valence-electron chi connectivity index (χ3n) is 4.53. The topological polar surface area (TPSA) is 81.8 Å². The van der Waals surface area contributed by atoms with Gasteiger partial charge in [0.2, 0.25) is 15.9 Å². The summed E-state index contributed by atoms with van der Waals surface area (Å²) in [6, 6.07) is 0.772. The Morgan fingerprint density at radius 2 is 1.33 bits per heavy atom. The van der Waals surface area contributed by atoms with Gasteiger partial charge < -0.3 is 15.5 Å². The van der Waals surface area contributed by atoms with E-state index >= 15 is 0 Å². The summed E-state index contributed by atoms with van der Waals surface area (Å²) in [5.41, 5.74) is 0.204. The van der Waals surface area contributed by atoms with Crippen LogP contribution in [0.1, 0.15) is 61.3 Å². The fourth-order valence-corrected chi connectivity index (χ4v) is 4.42. The summed E-state index contributed by atoms with van der Waals surface area (Å²) in [7, 11) is -3.00. The van der Waals surface area contributed by atoms with Crippen LogP contribution in [0.5, 0.6) is 0 Å². The number of carbonyl (C=O) groups excluding carboxylic acids is 1. The van der Waals surface area contributed by atoms with Gasteiger partial charge in [-0.3, -0.25) is 4.79 Å². The van der Waals surface area contributed by atoms with Gasteiger partial charge in [0.25, 0.3) is 0 Å². The highest BCUT2D eigenvalue weighted by Gasteiger charge is 2.30. The molecule has 0 bridgehead atoms. The van der Waals surface area contributed by atoms with Gasteiger partial charge in [0, 0.05) is 56.3 Å². The highest BCUT2D eigenvalue weighted by molar-refractivity contribution is 7.88. The van der Waals surface area contributed by atoms with E-state index in [9.17, 15) is 13.2 Å². The molecule has 2 fully saturated rings. The molecule has 0 radical (unpaired) electrons. The van der Waals surface area contributed by atoms with E-state index in [1.165, 1.54) is 10.6 Å². The Morgan fingerprint density at radius 1 is 0.889 bits per heavy atom.